The van der Waals surface area contributed by atoms with Gasteiger partial charge in [0.05, 0.1) is 5.69 Å². The van der Waals surface area contributed by atoms with Crippen molar-refractivity contribution in [1.82, 2.24) is 4.98 Å². The van der Waals surface area contributed by atoms with Crippen molar-refractivity contribution in [2.45, 2.75) is 32.2 Å². The van der Waals surface area contributed by atoms with Crippen LogP contribution in [0.25, 0.3) is 0 Å². The smallest absolute Gasteiger partial charge is 0.258 e. The Morgan fingerprint density at radius 2 is 1.46 bits per heavy atom. The molecule has 0 radical (unpaired) electrons. The number of benzene rings is 2. The van der Waals surface area contributed by atoms with E-state index in [4.69, 9.17) is 0 Å². The first-order valence-corrected chi connectivity index (χ1v) is 11.5. The quantitative estimate of drug-likeness (QED) is 0.620. The largest absolute Gasteiger partial charge is 0.424 e. The van der Waals surface area contributed by atoms with Gasteiger partial charge < -0.3 is 4.80 Å². The molecule has 3 aromatic rings. The number of aryl methyl sites for hydroxylation is 1. The molecule has 0 amide bonds. The average molecular weight is 426 g/mol. The van der Waals surface area contributed by atoms with Crippen molar-refractivity contribution in [3.05, 3.63) is 88.7 Å². The van der Waals surface area contributed by atoms with Crippen LogP contribution in [0.15, 0.2) is 77.4 Å². The number of pyridine rings is 1. The molecule has 0 aliphatic carbocycles. The van der Waals surface area contributed by atoms with Crippen molar-refractivity contribution in [1.29, 1.82) is 0 Å². The molecule has 0 aliphatic rings. The van der Waals surface area contributed by atoms with Gasteiger partial charge >= 0.3 is 0 Å². The Kier molecular flexibility index (Phi) is 5.46. The predicted octanol–water partition coefficient (Wildman–Crippen LogP) is 4.23. The lowest BCUT2D eigenvalue weighted by molar-refractivity contribution is 0.484. The van der Waals surface area contributed by atoms with Gasteiger partial charge in [0.15, 0.2) is 0 Å². The van der Waals surface area contributed by atoms with E-state index in [1.165, 1.54) is 0 Å². The number of rotatable bonds is 5. The van der Waals surface area contributed by atoms with Gasteiger partial charge in [0.1, 0.15) is 0 Å². The van der Waals surface area contributed by atoms with E-state index in [1.54, 1.807) is 0 Å². The summed E-state index contributed by atoms with van der Waals surface area (Å²) in [5.74, 6) is 0. The van der Waals surface area contributed by atoms with Crippen LogP contribution >= 0.6 is 15.9 Å². The van der Waals surface area contributed by atoms with Crippen LogP contribution < -0.4 is 10.4 Å². The minimum Gasteiger partial charge on any atom is -0.424 e. The van der Waals surface area contributed by atoms with Gasteiger partial charge in [0, 0.05) is 10.7 Å². The highest BCUT2D eigenvalue weighted by Gasteiger charge is 2.49. The van der Waals surface area contributed by atoms with Crippen LogP contribution in [0.3, 0.4) is 0 Å². The van der Waals surface area contributed by atoms with Gasteiger partial charge in [-0.15, -0.1) is 0 Å². The summed E-state index contributed by atoms with van der Waals surface area (Å²) in [5, 5.41) is 1.76. The monoisotopic (exact) mass is 425 g/mol. The minimum absolute atomic E-state index is 0.313. The SMILES string of the molecule is Cc1ncc(CC(C)(C)[Si](O)(c2ccccc2)c2ccccc2)cc1Br. The first-order valence-electron chi connectivity index (χ1n) is 8.79. The summed E-state index contributed by atoms with van der Waals surface area (Å²) in [6.07, 6.45) is 2.68. The van der Waals surface area contributed by atoms with Crippen molar-refractivity contribution < 1.29 is 4.80 Å². The van der Waals surface area contributed by atoms with Crippen LogP contribution in [-0.2, 0) is 6.42 Å². The summed E-state index contributed by atoms with van der Waals surface area (Å²) < 4.78 is 1.01. The van der Waals surface area contributed by atoms with E-state index in [1.807, 2.05) is 49.5 Å². The number of hydrogen-bond donors (Lipinski definition) is 1. The van der Waals surface area contributed by atoms with E-state index in [9.17, 15) is 4.80 Å². The number of hydrogen-bond acceptors (Lipinski definition) is 2. The van der Waals surface area contributed by atoms with Crippen LogP contribution in [0.5, 0.6) is 0 Å². The van der Waals surface area contributed by atoms with Gasteiger partial charge in [0.2, 0.25) is 0 Å². The molecule has 2 nitrogen and oxygen atoms in total. The van der Waals surface area contributed by atoms with Gasteiger partial charge in [-0.2, -0.15) is 0 Å². The molecule has 0 aliphatic heterocycles. The van der Waals surface area contributed by atoms with Crippen LogP contribution in [-0.4, -0.2) is 18.1 Å². The maximum atomic E-state index is 12.2. The molecule has 0 unspecified atom stereocenters. The zero-order valence-electron chi connectivity index (χ0n) is 15.4. The van der Waals surface area contributed by atoms with E-state index >= 15 is 0 Å². The molecule has 134 valence electrons. The molecule has 2 aromatic carbocycles. The molecule has 4 heteroatoms. The predicted molar refractivity (Wildman–Crippen MR) is 115 cm³/mol. The molecule has 0 fully saturated rings. The Labute approximate surface area is 165 Å². The molecule has 0 saturated carbocycles. The maximum absolute atomic E-state index is 12.2. The third kappa shape index (κ3) is 3.54. The highest BCUT2D eigenvalue weighted by Crippen LogP contribution is 2.39. The summed E-state index contributed by atoms with van der Waals surface area (Å²) in [6.45, 7) is 6.33. The van der Waals surface area contributed by atoms with Gasteiger partial charge in [-0.1, -0.05) is 74.5 Å². The van der Waals surface area contributed by atoms with Crippen molar-refractivity contribution in [2.24, 2.45) is 0 Å². The summed E-state index contributed by atoms with van der Waals surface area (Å²) in [6, 6.07) is 22.4. The fourth-order valence-electron chi connectivity index (χ4n) is 3.59. The third-order valence-corrected chi connectivity index (χ3v) is 10.4. The molecular weight excluding hydrogens is 402 g/mol. The lowest BCUT2D eigenvalue weighted by atomic mass is 10.0. The number of halogens is 1. The molecule has 26 heavy (non-hydrogen) atoms. The second-order valence-electron chi connectivity index (χ2n) is 7.41. The Hall–Kier alpha value is -1.75. The zero-order valence-corrected chi connectivity index (χ0v) is 18.0. The molecular formula is C22H24BrNOSi. The van der Waals surface area contributed by atoms with Crippen LogP contribution in [0.1, 0.15) is 25.1 Å². The standard InChI is InChI=1S/C22H24BrNOSi/c1-17-21(23)14-18(16-24-17)15-22(2,3)26(25,19-10-6-4-7-11-19)20-12-8-5-9-13-20/h4-14,16,25H,15H2,1-3H3. The lowest BCUT2D eigenvalue weighted by Gasteiger charge is -2.41. The summed E-state index contributed by atoms with van der Waals surface area (Å²) in [4.78, 5) is 16.7. The van der Waals surface area contributed by atoms with Crippen molar-refractivity contribution in [2.75, 3.05) is 0 Å². The van der Waals surface area contributed by atoms with Crippen LogP contribution in [0.2, 0.25) is 5.04 Å². The Bertz CT molecular complexity index is 842. The number of nitrogens with zero attached hydrogens (tertiary/aromatic N) is 1. The van der Waals surface area contributed by atoms with E-state index in [0.717, 1.165) is 32.5 Å². The van der Waals surface area contributed by atoms with E-state index in [-0.39, 0.29) is 5.04 Å². The fourth-order valence-corrected chi connectivity index (χ4v) is 7.69. The second-order valence-corrected chi connectivity index (χ2v) is 12.2. The molecule has 0 saturated heterocycles. The molecule has 0 atom stereocenters. The molecule has 0 spiro atoms. The van der Waals surface area contributed by atoms with Crippen molar-refractivity contribution in [3.63, 3.8) is 0 Å². The molecule has 0 bridgehead atoms. The van der Waals surface area contributed by atoms with Crippen molar-refractivity contribution >= 4 is 34.6 Å². The topological polar surface area (TPSA) is 33.1 Å². The number of aromatic nitrogens is 1. The summed E-state index contributed by atoms with van der Waals surface area (Å²) in [5.41, 5.74) is 2.11. The van der Waals surface area contributed by atoms with Crippen LogP contribution in [0.4, 0.5) is 0 Å². The minimum atomic E-state index is -2.99. The summed E-state index contributed by atoms with van der Waals surface area (Å²) in [7, 11) is -2.99. The third-order valence-electron chi connectivity index (χ3n) is 5.09. The first-order chi connectivity index (χ1) is 12.3. The highest BCUT2D eigenvalue weighted by molar-refractivity contribution is 9.10. The summed E-state index contributed by atoms with van der Waals surface area (Å²) >= 11 is 3.58. The van der Waals surface area contributed by atoms with Crippen molar-refractivity contribution in [3.8, 4) is 0 Å². The van der Waals surface area contributed by atoms with E-state index < -0.39 is 8.32 Å². The molecule has 1 aromatic heterocycles. The molecule has 1 heterocycles. The Morgan fingerprint density at radius 1 is 0.962 bits per heavy atom. The first kappa shape index (κ1) is 19.0. The normalized spacial score (nSPS) is 12.2. The second kappa shape index (κ2) is 7.47. The molecule has 1 N–H and O–H groups in total. The van der Waals surface area contributed by atoms with Gasteiger partial charge in [-0.3, -0.25) is 4.98 Å². The van der Waals surface area contributed by atoms with Gasteiger partial charge in [-0.05, 0) is 56.3 Å². The zero-order chi connectivity index (χ0) is 18.8. The maximum Gasteiger partial charge on any atom is 0.258 e. The van der Waals surface area contributed by atoms with E-state index in [2.05, 4.69) is 65.1 Å². The molecule has 3 rings (SSSR count). The van der Waals surface area contributed by atoms with Gasteiger partial charge in [0.25, 0.3) is 8.32 Å². The Balaban J connectivity index is 2.10. The van der Waals surface area contributed by atoms with E-state index in [0.29, 0.717) is 0 Å². The highest BCUT2D eigenvalue weighted by atomic mass is 79.9. The van der Waals surface area contributed by atoms with Crippen LogP contribution in [0, 0.1) is 6.92 Å². The average Bonchev–Trinajstić information content (AvgIpc) is 2.65. The Morgan fingerprint density at radius 3 is 1.92 bits per heavy atom. The lowest BCUT2D eigenvalue weighted by Crippen LogP contribution is -2.65. The fraction of sp³-hybridized carbons (Fsp3) is 0.227. The van der Waals surface area contributed by atoms with Gasteiger partial charge in [-0.25, -0.2) is 0 Å².